The summed E-state index contributed by atoms with van der Waals surface area (Å²) in [5.41, 5.74) is 5.80. The molecule has 6 nitrogen and oxygen atoms in total. The van der Waals surface area contributed by atoms with Gasteiger partial charge in [0, 0.05) is 12.2 Å². The number of hydrogen-bond acceptors (Lipinski definition) is 5. The van der Waals surface area contributed by atoms with Crippen molar-refractivity contribution in [2.75, 3.05) is 30.8 Å². The van der Waals surface area contributed by atoms with Gasteiger partial charge in [-0.3, -0.25) is 0 Å². The van der Waals surface area contributed by atoms with Crippen LogP contribution in [0.2, 0.25) is 0 Å². The van der Waals surface area contributed by atoms with Gasteiger partial charge in [-0.2, -0.15) is 13.2 Å². The first kappa shape index (κ1) is 16.5. The van der Waals surface area contributed by atoms with Gasteiger partial charge in [-0.25, -0.2) is 13.6 Å². The molecule has 0 saturated heterocycles. The summed E-state index contributed by atoms with van der Waals surface area (Å²) in [6.07, 6.45) is -4.40. The van der Waals surface area contributed by atoms with E-state index in [9.17, 15) is 21.6 Å². The highest BCUT2D eigenvalue weighted by atomic mass is 32.2. The van der Waals surface area contributed by atoms with Gasteiger partial charge in [0.15, 0.2) is 0 Å². The number of sulfonamides is 1. The van der Waals surface area contributed by atoms with Gasteiger partial charge in [-0.15, -0.1) is 0 Å². The number of anilines is 2. The average molecular weight is 313 g/mol. The lowest BCUT2D eigenvalue weighted by Crippen LogP contribution is -2.21. The first-order valence-corrected chi connectivity index (χ1v) is 6.95. The molecule has 0 aliphatic rings. The second-order valence-corrected chi connectivity index (χ2v) is 5.42. The zero-order valence-electron chi connectivity index (χ0n) is 10.3. The number of alkyl halides is 3. The Morgan fingerprint density at radius 3 is 2.50 bits per heavy atom. The Kier molecular flexibility index (Phi) is 5.20. The van der Waals surface area contributed by atoms with Crippen molar-refractivity contribution in [1.29, 1.82) is 0 Å². The Morgan fingerprint density at radius 2 is 1.95 bits per heavy atom. The van der Waals surface area contributed by atoms with Crippen molar-refractivity contribution in [2.45, 2.75) is 11.1 Å². The maximum absolute atomic E-state index is 11.8. The number of ether oxygens (including phenoxy) is 1. The lowest BCUT2D eigenvalue weighted by molar-refractivity contribution is -0.172. The number of primary sulfonamides is 1. The maximum Gasteiger partial charge on any atom is 0.411 e. The molecule has 0 radical (unpaired) electrons. The summed E-state index contributed by atoms with van der Waals surface area (Å²) in [6, 6.07) is 3.97. The van der Waals surface area contributed by atoms with Gasteiger partial charge in [-0.1, -0.05) is 0 Å². The zero-order valence-corrected chi connectivity index (χ0v) is 11.1. The predicted molar refractivity (Wildman–Crippen MR) is 67.6 cm³/mol. The third-order valence-corrected chi connectivity index (χ3v) is 3.09. The van der Waals surface area contributed by atoms with Crippen LogP contribution in [-0.2, 0) is 14.8 Å². The number of rotatable bonds is 6. The van der Waals surface area contributed by atoms with E-state index in [2.05, 4.69) is 10.1 Å². The van der Waals surface area contributed by atoms with Crippen molar-refractivity contribution >= 4 is 21.4 Å². The quantitative estimate of drug-likeness (QED) is 0.534. The topological polar surface area (TPSA) is 107 Å². The van der Waals surface area contributed by atoms with Gasteiger partial charge < -0.3 is 15.8 Å². The molecule has 0 heterocycles. The van der Waals surface area contributed by atoms with E-state index in [-0.39, 0.29) is 29.4 Å². The highest BCUT2D eigenvalue weighted by Crippen LogP contribution is 2.22. The minimum absolute atomic E-state index is 0.0114. The fourth-order valence-electron chi connectivity index (χ4n) is 1.37. The Bertz CT molecular complexity index is 561. The summed E-state index contributed by atoms with van der Waals surface area (Å²) >= 11 is 0. The van der Waals surface area contributed by atoms with E-state index in [1.165, 1.54) is 12.1 Å². The summed E-state index contributed by atoms with van der Waals surface area (Å²) in [7, 11) is -3.99. The summed E-state index contributed by atoms with van der Waals surface area (Å²) in [5, 5.41) is 7.64. The number of benzene rings is 1. The molecule has 0 spiro atoms. The van der Waals surface area contributed by atoms with Gasteiger partial charge >= 0.3 is 6.18 Å². The van der Waals surface area contributed by atoms with E-state index >= 15 is 0 Å². The van der Waals surface area contributed by atoms with Crippen LogP contribution in [0.5, 0.6) is 0 Å². The Morgan fingerprint density at radius 1 is 1.30 bits per heavy atom. The molecule has 0 amide bonds. The first-order chi connectivity index (χ1) is 9.09. The van der Waals surface area contributed by atoms with Gasteiger partial charge in [0.05, 0.1) is 12.3 Å². The second kappa shape index (κ2) is 6.29. The Labute approximate surface area is 113 Å². The number of halogens is 3. The molecule has 20 heavy (non-hydrogen) atoms. The minimum Gasteiger partial charge on any atom is -0.399 e. The second-order valence-electron chi connectivity index (χ2n) is 3.90. The molecule has 0 aliphatic heterocycles. The SMILES string of the molecule is Nc1ccc(NCCOCC(F)(F)F)c(S(N)(=O)=O)c1. The van der Waals surface area contributed by atoms with Gasteiger partial charge in [-0.05, 0) is 18.2 Å². The fourth-order valence-corrected chi connectivity index (χ4v) is 2.11. The van der Waals surface area contributed by atoms with E-state index in [0.717, 1.165) is 6.07 Å². The molecule has 1 aromatic rings. The van der Waals surface area contributed by atoms with Crippen molar-refractivity contribution < 1.29 is 26.3 Å². The van der Waals surface area contributed by atoms with Gasteiger partial charge in [0.1, 0.15) is 11.5 Å². The molecule has 0 saturated carbocycles. The molecule has 1 aromatic carbocycles. The summed E-state index contributed by atoms with van der Waals surface area (Å²) < 4.78 is 62.5. The smallest absolute Gasteiger partial charge is 0.399 e. The van der Waals surface area contributed by atoms with Crippen LogP contribution < -0.4 is 16.2 Å². The fraction of sp³-hybridized carbons (Fsp3) is 0.400. The summed E-state index contributed by atoms with van der Waals surface area (Å²) in [5.74, 6) is 0. The van der Waals surface area contributed by atoms with Crippen molar-refractivity contribution in [1.82, 2.24) is 0 Å². The normalized spacial score (nSPS) is 12.4. The molecular weight excluding hydrogens is 299 g/mol. The summed E-state index contributed by atoms with van der Waals surface area (Å²) in [6.45, 7) is -1.62. The molecule has 114 valence electrons. The first-order valence-electron chi connectivity index (χ1n) is 5.40. The van der Waals surface area contributed by atoms with Crippen LogP contribution in [-0.4, -0.2) is 34.4 Å². The number of nitrogens with two attached hydrogens (primary N) is 2. The van der Waals surface area contributed by atoms with Crippen LogP contribution in [0.3, 0.4) is 0 Å². The van der Waals surface area contributed by atoms with Crippen molar-refractivity contribution in [2.24, 2.45) is 5.14 Å². The molecule has 1 rings (SSSR count). The van der Waals surface area contributed by atoms with Crippen LogP contribution >= 0.6 is 0 Å². The van der Waals surface area contributed by atoms with Crippen molar-refractivity contribution in [3.8, 4) is 0 Å². The number of nitrogens with one attached hydrogen (secondary N) is 1. The molecule has 0 atom stereocenters. The number of hydrogen-bond donors (Lipinski definition) is 3. The standard InChI is InChI=1S/C10H14F3N3O3S/c11-10(12,13)6-19-4-3-16-8-2-1-7(14)5-9(8)20(15,17)18/h1-2,5,16H,3-4,6,14H2,(H2,15,17,18). The molecule has 0 unspecified atom stereocenters. The molecular formula is C10H14F3N3O3S. The Balaban J connectivity index is 2.61. The van der Waals surface area contributed by atoms with Crippen LogP contribution in [0.15, 0.2) is 23.1 Å². The van der Waals surface area contributed by atoms with E-state index < -0.39 is 22.8 Å². The van der Waals surface area contributed by atoms with Gasteiger partial charge in [0.25, 0.3) is 0 Å². The van der Waals surface area contributed by atoms with Crippen molar-refractivity contribution in [3.63, 3.8) is 0 Å². The van der Waals surface area contributed by atoms with Crippen molar-refractivity contribution in [3.05, 3.63) is 18.2 Å². The third-order valence-electron chi connectivity index (χ3n) is 2.14. The lowest BCUT2D eigenvalue weighted by atomic mass is 10.3. The average Bonchev–Trinajstić information content (AvgIpc) is 2.27. The highest BCUT2D eigenvalue weighted by molar-refractivity contribution is 7.89. The van der Waals surface area contributed by atoms with E-state index in [1.54, 1.807) is 0 Å². The molecule has 10 heteroatoms. The molecule has 0 aromatic heterocycles. The van der Waals surface area contributed by atoms with E-state index in [0.29, 0.717) is 0 Å². The van der Waals surface area contributed by atoms with Gasteiger partial charge in [0.2, 0.25) is 10.0 Å². The van der Waals surface area contributed by atoms with Crippen LogP contribution in [0, 0.1) is 0 Å². The maximum atomic E-state index is 11.8. The zero-order chi connectivity index (χ0) is 15.4. The predicted octanol–water partition coefficient (Wildman–Crippen LogP) is 0.907. The minimum atomic E-state index is -4.40. The molecule has 0 aliphatic carbocycles. The monoisotopic (exact) mass is 313 g/mol. The molecule has 5 N–H and O–H groups in total. The lowest BCUT2D eigenvalue weighted by Gasteiger charge is -2.12. The Hall–Kier alpha value is -1.52. The number of nitrogen functional groups attached to an aromatic ring is 1. The highest BCUT2D eigenvalue weighted by Gasteiger charge is 2.27. The third kappa shape index (κ3) is 5.63. The van der Waals surface area contributed by atoms with Crippen LogP contribution in [0.4, 0.5) is 24.5 Å². The molecule has 0 fully saturated rings. The van der Waals surface area contributed by atoms with Crippen LogP contribution in [0.1, 0.15) is 0 Å². The molecule has 0 bridgehead atoms. The summed E-state index contributed by atoms with van der Waals surface area (Å²) in [4.78, 5) is -0.228. The van der Waals surface area contributed by atoms with Crippen LogP contribution in [0.25, 0.3) is 0 Å². The van der Waals surface area contributed by atoms with E-state index in [4.69, 9.17) is 10.9 Å². The largest absolute Gasteiger partial charge is 0.411 e. The van der Waals surface area contributed by atoms with E-state index in [1.807, 2.05) is 0 Å².